The van der Waals surface area contributed by atoms with Crippen molar-refractivity contribution < 1.29 is 24.2 Å². The molecule has 0 radical (unpaired) electrons. The molecule has 1 aliphatic carbocycles. The molecule has 1 saturated carbocycles. The summed E-state index contributed by atoms with van der Waals surface area (Å²) in [5.41, 5.74) is 0.467. The number of nitrogens with zero attached hydrogens (tertiary/aromatic N) is 4. The number of amides is 1. The lowest BCUT2D eigenvalue weighted by Crippen LogP contribution is -2.45. The summed E-state index contributed by atoms with van der Waals surface area (Å²) in [5.74, 6) is -0.337. The van der Waals surface area contributed by atoms with Crippen LogP contribution >= 0.6 is 0 Å². The van der Waals surface area contributed by atoms with Gasteiger partial charge in [-0.05, 0) is 28.7 Å². The number of carbonyl (C=O) groups is 2. The second-order valence-corrected chi connectivity index (χ2v) is 9.10. The summed E-state index contributed by atoms with van der Waals surface area (Å²) in [6.45, 7) is 0.724. The van der Waals surface area contributed by atoms with E-state index in [-0.39, 0.29) is 43.0 Å². The van der Waals surface area contributed by atoms with E-state index in [9.17, 15) is 14.7 Å². The third-order valence-electron chi connectivity index (χ3n) is 6.94. The number of nitrogens with one attached hydrogen (secondary N) is 1. The van der Waals surface area contributed by atoms with Crippen molar-refractivity contribution in [3.8, 4) is 11.4 Å². The number of carboxylic acids is 1. The van der Waals surface area contributed by atoms with Crippen LogP contribution in [-0.4, -0.2) is 68.7 Å². The molecule has 10 heteroatoms. The Morgan fingerprint density at radius 2 is 1.84 bits per heavy atom. The highest BCUT2D eigenvalue weighted by atomic mass is 16.6. The number of hydrogen-bond acceptors (Lipinski definition) is 7. The van der Waals surface area contributed by atoms with Gasteiger partial charge in [0.05, 0.1) is 25.7 Å². The highest BCUT2D eigenvalue weighted by Gasteiger charge is 2.50. The van der Waals surface area contributed by atoms with Gasteiger partial charge in [0.15, 0.2) is 5.82 Å². The minimum absolute atomic E-state index is 0.0355. The maximum atomic E-state index is 12.8. The van der Waals surface area contributed by atoms with Crippen molar-refractivity contribution in [3.63, 3.8) is 0 Å². The second-order valence-electron chi connectivity index (χ2n) is 9.10. The van der Waals surface area contributed by atoms with Crippen LogP contribution in [0.4, 0.5) is 0 Å². The van der Waals surface area contributed by atoms with Crippen LogP contribution in [0.1, 0.15) is 44.6 Å². The number of aromatic nitrogens is 4. The Labute approximate surface area is 185 Å². The molecule has 10 nitrogen and oxygen atoms in total. The maximum absolute atomic E-state index is 12.8. The number of ether oxygens (including phenoxy) is 2. The summed E-state index contributed by atoms with van der Waals surface area (Å²) in [6, 6.07) is 9.22. The van der Waals surface area contributed by atoms with Crippen molar-refractivity contribution in [2.75, 3.05) is 13.2 Å². The maximum Gasteiger partial charge on any atom is 0.303 e. The van der Waals surface area contributed by atoms with Gasteiger partial charge in [-0.25, -0.2) is 4.68 Å². The zero-order chi connectivity index (χ0) is 22.1. The highest BCUT2D eigenvalue weighted by Crippen LogP contribution is 2.44. The third-order valence-corrected chi connectivity index (χ3v) is 6.94. The van der Waals surface area contributed by atoms with Gasteiger partial charge in [-0.3, -0.25) is 9.59 Å². The van der Waals surface area contributed by atoms with E-state index in [0.717, 1.165) is 31.2 Å². The Hall–Kier alpha value is -2.85. The van der Waals surface area contributed by atoms with Crippen molar-refractivity contribution in [2.45, 2.75) is 62.8 Å². The van der Waals surface area contributed by atoms with Crippen LogP contribution in [0.25, 0.3) is 11.4 Å². The van der Waals surface area contributed by atoms with Gasteiger partial charge < -0.3 is 19.9 Å². The van der Waals surface area contributed by atoms with Crippen molar-refractivity contribution in [2.24, 2.45) is 5.41 Å². The molecule has 2 aromatic rings. The number of hydrogen-bond donors (Lipinski definition) is 2. The number of carbonyl (C=O) groups excluding carboxylic acids is 1. The Morgan fingerprint density at radius 1 is 1.09 bits per heavy atom. The fourth-order valence-electron chi connectivity index (χ4n) is 5.47. The Bertz CT molecular complexity index is 974. The molecule has 170 valence electrons. The molecule has 3 heterocycles. The molecule has 1 aromatic heterocycles. The highest BCUT2D eigenvalue weighted by molar-refractivity contribution is 5.78. The Kier molecular flexibility index (Phi) is 5.64. The van der Waals surface area contributed by atoms with Crippen molar-refractivity contribution in [1.29, 1.82) is 0 Å². The van der Waals surface area contributed by atoms with E-state index in [0.29, 0.717) is 19.0 Å². The van der Waals surface area contributed by atoms with E-state index in [1.54, 1.807) is 4.68 Å². The molecular weight excluding hydrogens is 414 g/mol. The van der Waals surface area contributed by atoms with Crippen LogP contribution in [0, 0.1) is 5.41 Å². The lowest BCUT2D eigenvalue weighted by molar-refractivity contribution is -0.140. The Balaban J connectivity index is 1.25. The lowest BCUT2D eigenvalue weighted by atomic mass is 9.79. The number of carboxylic acid groups (broad SMARTS) is 1. The summed E-state index contributed by atoms with van der Waals surface area (Å²) < 4.78 is 13.8. The SMILES string of the molecule is O=C(O)CC1(CC(=O)N[C@H]2CO[C@H]3[C@@H]2OC[C@@H]3n2nnnc2-c2ccccc2)CCCC1. The number of aliphatic carboxylic acids is 1. The molecule has 3 aliphatic rings. The van der Waals surface area contributed by atoms with E-state index in [2.05, 4.69) is 20.8 Å². The third kappa shape index (κ3) is 4.00. The number of tetrazole rings is 1. The first-order chi connectivity index (χ1) is 15.5. The first-order valence-corrected chi connectivity index (χ1v) is 11.1. The predicted molar refractivity (Wildman–Crippen MR) is 111 cm³/mol. The second kappa shape index (κ2) is 8.59. The summed E-state index contributed by atoms with van der Waals surface area (Å²) in [5, 5.41) is 24.5. The molecule has 4 atom stereocenters. The van der Waals surface area contributed by atoms with Gasteiger partial charge in [0.2, 0.25) is 5.91 Å². The average Bonchev–Trinajstić information content (AvgIpc) is 3.54. The topological polar surface area (TPSA) is 128 Å². The van der Waals surface area contributed by atoms with Crippen LogP contribution in [0.3, 0.4) is 0 Å². The molecule has 2 saturated heterocycles. The van der Waals surface area contributed by atoms with E-state index < -0.39 is 11.4 Å². The average molecular weight is 441 g/mol. The quantitative estimate of drug-likeness (QED) is 0.663. The van der Waals surface area contributed by atoms with Crippen LogP contribution < -0.4 is 5.32 Å². The van der Waals surface area contributed by atoms with E-state index >= 15 is 0 Å². The van der Waals surface area contributed by atoms with Gasteiger partial charge in [0.1, 0.15) is 18.2 Å². The standard InChI is InChI=1S/C22H27N5O5/c28-17(10-22(11-18(29)30)8-4-5-9-22)23-15-12-31-20-16(13-32-19(15)20)27-21(24-25-26-27)14-6-2-1-3-7-14/h1-3,6-7,15-16,19-20H,4-5,8-13H2,(H,23,28)(H,29,30)/t15-,16-,19+,20+/m0/s1. The predicted octanol–water partition coefficient (Wildman–Crippen LogP) is 1.59. The van der Waals surface area contributed by atoms with Gasteiger partial charge in [-0.15, -0.1) is 5.10 Å². The van der Waals surface area contributed by atoms with Gasteiger partial charge in [0.25, 0.3) is 0 Å². The summed E-state index contributed by atoms with van der Waals surface area (Å²) >= 11 is 0. The van der Waals surface area contributed by atoms with Crippen LogP contribution in [0.15, 0.2) is 30.3 Å². The summed E-state index contributed by atoms with van der Waals surface area (Å²) in [7, 11) is 0. The molecule has 5 rings (SSSR count). The first-order valence-electron chi connectivity index (χ1n) is 11.1. The first kappa shape index (κ1) is 21.0. The molecule has 3 fully saturated rings. The number of fused-ring (bicyclic) bond motifs is 1. The van der Waals surface area contributed by atoms with Gasteiger partial charge in [0, 0.05) is 12.0 Å². The normalized spacial score (nSPS) is 28.5. The van der Waals surface area contributed by atoms with Crippen LogP contribution in [0.5, 0.6) is 0 Å². The van der Waals surface area contributed by atoms with E-state index in [1.807, 2.05) is 30.3 Å². The zero-order valence-corrected chi connectivity index (χ0v) is 17.7. The molecule has 1 amide bonds. The molecule has 2 aliphatic heterocycles. The fraction of sp³-hybridized carbons (Fsp3) is 0.591. The minimum Gasteiger partial charge on any atom is -0.481 e. The Morgan fingerprint density at radius 3 is 2.59 bits per heavy atom. The van der Waals surface area contributed by atoms with Gasteiger partial charge in [-0.1, -0.05) is 43.2 Å². The summed E-state index contributed by atoms with van der Waals surface area (Å²) in [6.07, 6.45) is 3.19. The van der Waals surface area contributed by atoms with Gasteiger partial charge in [-0.2, -0.15) is 0 Å². The van der Waals surface area contributed by atoms with Crippen LogP contribution in [-0.2, 0) is 19.1 Å². The van der Waals surface area contributed by atoms with Crippen molar-refractivity contribution in [1.82, 2.24) is 25.5 Å². The van der Waals surface area contributed by atoms with Crippen molar-refractivity contribution >= 4 is 11.9 Å². The number of rotatable bonds is 7. The smallest absolute Gasteiger partial charge is 0.303 e. The minimum atomic E-state index is -0.846. The van der Waals surface area contributed by atoms with E-state index in [1.165, 1.54) is 0 Å². The van der Waals surface area contributed by atoms with E-state index in [4.69, 9.17) is 9.47 Å². The molecule has 2 N–H and O–H groups in total. The largest absolute Gasteiger partial charge is 0.481 e. The molecule has 1 aromatic carbocycles. The molecule has 0 unspecified atom stereocenters. The van der Waals surface area contributed by atoms with Crippen LogP contribution in [0.2, 0.25) is 0 Å². The number of benzene rings is 1. The van der Waals surface area contributed by atoms with Gasteiger partial charge >= 0.3 is 5.97 Å². The van der Waals surface area contributed by atoms with Crippen molar-refractivity contribution in [3.05, 3.63) is 30.3 Å². The molecule has 0 spiro atoms. The molecule has 32 heavy (non-hydrogen) atoms. The lowest BCUT2D eigenvalue weighted by Gasteiger charge is -2.27. The molecule has 0 bridgehead atoms. The summed E-state index contributed by atoms with van der Waals surface area (Å²) in [4.78, 5) is 24.2. The monoisotopic (exact) mass is 441 g/mol. The zero-order valence-electron chi connectivity index (χ0n) is 17.7. The molecular formula is C22H27N5O5. The fourth-order valence-corrected chi connectivity index (χ4v) is 5.47.